The SMILES string of the molecule is O=C(O)/C=C/c1cc(Cl)cc(Cl)c1[N+](=O)[O-]. The summed E-state index contributed by atoms with van der Waals surface area (Å²) in [5.41, 5.74) is -0.325. The zero-order valence-corrected chi connectivity index (χ0v) is 9.20. The van der Waals surface area contributed by atoms with Crippen molar-refractivity contribution in [2.45, 2.75) is 0 Å². The van der Waals surface area contributed by atoms with Crippen LogP contribution >= 0.6 is 23.2 Å². The molecule has 0 aliphatic heterocycles. The third kappa shape index (κ3) is 2.95. The largest absolute Gasteiger partial charge is 0.478 e. The van der Waals surface area contributed by atoms with Gasteiger partial charge in [-0.1, -0.05) is 23.2 Å². The van der Waals surface area contributed by atoms with Gasteiger partial charge < -0.3 is 5.11 Å². The minimum absolute atomic E-state index is 0.0462. The van der Waals surface area contributed by atoms with Gasteiger partial charge in [0.2, 0.25) is 0 Å². The van der Waals surface area contributed by atoms with Crippen molar-refractivity contribution >= 4 is 40.9 Å². The summed E-state index contributed by atoms with van der Waals surface area (Å²) < 4.78 is 0. The lowest BCUT2D eigenvalue weighted by Gasteiger charge is -2.00. The van der Waals surface area contributed by atoms with Crippen molar-refractivity contribution in [1.82, 2.24) is 0 Å². The van der Waals surface area contributed by atoms with E-state index < -0.39 is 10.9 Å². The second-order valence-electron chi connectivity index (χ2n) is 2.75. The molecule has 0 amide bonds. The van der Waals surface area contributed by atoms with Gasteiger partial charge in [0.1, 0.15) is 5.02 Å². The third-order valence-electron chi connectivity index (χ3n) is 1.65. The lowest BCUT2D eigenvalue weighted by molar-refractivity contribution is -0.384. The predicted molar refractivity (Wildman–Crippen MR) is 59.8 cm³/mol. The molecule has 0 bridgehead atoms. The molecule has 0 aliphatic rings. The summed E-state index contributed by atoms with van der Waals surface area (Å²) in [6.07, 6.45) is 1.84. The number of carboxylic acids is 1. The van der Waals surface area contributed by atoms with Crippen molar-refractivity contribution in [1.29, 1.82) is 0 Å². The lowest BCUT2D eigenvalue weighted by Crippen LogP contribution is -1.94. The Balaban J connectivity index is 3.35. The van der Waals surface area contributed by atoms with Crippen LogP contribution in [0, 0.1) is 10.1 Å². The number of nitro groups is 1. The molecule has 7 heteroatoms. The molecule has 0 fully saturated rings. The van der Waals surface area contributed by atoms with Gasteiger partial charge in [-0.05, 0) is 18.2 Å². The molecule has 84 valence electrons. The molecule has 1 aromatic rings. The quantitative estimate of drug-likeness (QED) is 0.515. The van der Waals surface area contributed by atoms with E-state index in [1.165, 1.54) is 12.1 Å². The first-order chi connectivity index (χ1) is 7.41. The van der Waals surface area contributed by atoms with Crippen LogP contribution < -0.4 is 0 Å². The molecule has 0 spiro atoms. The molecule has 0 saturated carbocycles. The van der Waals surface area contributed by atoms with Gasteiger partial charge in [0.05, 0.1) is 10.5 Å². The molecule has 1 N–H and O–H groups in total. The van der Waals surface area contributed by atoms with Crippen molar-refractivity contribution in [3.05, 3.63) is 43.9 Å². The van der Waals surface area contributed by atoms with Crippen LogP contribution in [0.5, 0.6) is 0 Å². The normalized spacial score (nSPS) is 10.6. The van der Waals surface area contributed by atoms with Crippen LogP contribution in [0.2, 0.25) is 10.0 Å². The summed E-state index contributed by atoms with van der Waals surface area (Å²) >= 11 is 11.3. The summed E-state index contributed by atoms with van der Waals surface area (Å²) in [5.74, 6) is -1.22. The van der Waals surface area contributed by atoms with Crippen molar-refractivity contribution in [2.75, 3.05) is 0 Å². The van der Waals surface area contributed by atoms with E-state index in [4.69, 9.17) is 28.3 Å². The summed E-state index contributed by atoms with van der Waals surface area (Å²) in [6, 6.07) is 2.49. The molecule has 0 heterocycles. The molecule has 1 rings (SSSR count). The van der Waals surface area contributed by atoms with Gasteiger partial charge in [-0.25, -0.2) is 4.79 Å². The highest BCUT2D eigenvalue weighted by atomic mass is 35.5. The first kappa shape index (κ1) is 12.5. The van der Waals surface area contributed by atoms with Crippen LogP contribution in [0.1, 0.15) is 5.56 Å². The Morgan fingerprint density at radius 3 is 2.56 bits per heavy atom. The Kier molecular flexibility index (Phi) is 3.87. The van der Waals surface area contributed by atoms with Crippen molar-refractivity contribution in [3.63, 3.8) is 0 Å². The highest BCUT2D eigenvalue weighted by Crippen LogP contribution is 2.32. The van der Waals surface area contributed by atoms with E-state index in [0.717, 1.165) is 12.2 Å². The number of nitro benzene ring substituents is 1. The number of carboxylic acid groups (broad SMARTS) is 1. The highest BCUT2D eigenvalue weighted by molar-refractivity contribution is 6.36. The lowest BCUT2D eigenvalue weighted by atomic mass is 10.1. The Morgan fingerprint density at radius 1 is 1.44 bits per heavy atom. The number of hydrogen-bond donors (Lipinski definition) is 1. The smallest absolute Gasteiger partial charge is 0.328 e. The van der Waals surface area contributed by atoms with Crippen LogP contribution in [0.25, 0.3) is 6.08 Å². The third-order valence-corrected chi connectivity index (χ3v) is 2.15. The number of halogens is 2. The number of nitrogens with zero attached hydrogens (tertiary/aromatic N) is 1. The molecule has 5 nitrogen and oxygen atoms in total. The Hall–Kier alpha value is -1.59. The summed E-state index contributed by atoms with van der Waals surface area (Å²) in [5, 5.41) is 19.2. The van der Waals surface area contributed by atoms with Gasteiger partial charge in [0.15, 0.2) is 0 Å². The monoisotopic (exact) mass is 261 g/mol. The van der Waals surface area contributed by atoms with Crippen LogP contribution in [0.4, 0.5) is 5.69 Å². The number of carbonyl (C=O) groups is 1. The molecule has 0 saturated heterocycles. The summed E-state index contributed by atoms with van der Waals surface area (Å²) in [6.45, 7) is 0. The second kappa shape index (κ2) is 4.96. The van der Waals surface area contributed by atoms with Gasteiger partial charge in [0.25, 0.3) is 5.69 Å². The zero-order chi connectivity index (χ0) is 12.3. The minimum Gasteiger partial charge on any atom is -0.478 e. The van der Waals surface area contributed by atoms with Crippen LogP contribution in [0.15, 0.2) is 18.2 Å². The molecule has 0 aliphatic carbocycles. The molecule has 16 heavy (non-hydrogen) atoms. The molecule has 0 atom stereocenters. The summed E-state index contributed by atoms with van der Waals surface area (Å²) in [4.78, 5) is 20.3. The van der Waals surface area contributed by atoms with E-state index in [1.54, 1.807) is 0 Å². The average Bonchev–Trinajstić information content (AvgIpc) is 2.12. The highest BCUT2D eigenvalue weighted by Gasteiger charge is 2.18. The fraction of sp³-hybridized carbons (Fsp3) is 0. The molecule has 0 aromatic heterocycles. The molecular formula is C9H5Cl2NO4. The fourth-order valence-electron chi connectivity index (χ4n) is 1.07. The molecule has 1 aromatic carbocycles. The Labute approximate surface area is 100 Å². The van der Waals surface area contributed by atoms with Gasteiger partial charge in [-0.3, -0.25) is 10.1 Å². The van der Waals surface area contributed by atoms with Crippen LogP contribution in [-0.4, -0.2) is 16.0 Å². The van der Waals surface area contributed by atoms with Crippen molar-refractivity contribution in [2.24, 2.45) is 0 Å². The van der Waals surface area contributed by atoms with Gasteiger partial charge >= 0.3 is 5.97 Å². The van der Waals surface area contributed by atoms with E-state index in [9.17, 15) is 14.9 Å². The fourth-order valence-corrected chi connectivity index (χ4v) is 1.64. The topological polar surface area (TPSA) is 80.4 Å². The Bertz CT molecular complexity index is 485. The van der Waals surface area contributed by atoms with Gasteiger partial charge in [-0.15, -0.1) is 0 Å². The van der Waals surface area contributed by atoms with E-state index in [1.807, 2.05) is 0 Å². The van der Waals surface area contributed by atoms with Crippen molar-refractivity contribution in [3.8, 4) is 0 Å². The minimum atomic E-state index is -1.22. The van der Waals surface area contributed by atoms with E-state index in [2.05, 4.69) is 0 Å². The van der Waals surface area contributed by atoms with E-state index in [-0.39, 0.29) is 21.3 Å². The van der Waals surface area contributed by atoms with Crippen LogP contribution in [0.3, 0.4) is 0 Å². The first-order valence-electron chi connectivity index (χ1n) is 3.96. The maximum absolute atomic E-state index is 10.7. The molecular weight excluding hydrogens is 257 g/mol. The van der Waals surface area contributed by atoms with E-state index >= 15 is 0 Å². The standard InChI is InChI=1S/C9H5Cl2NO4/c10-6-3-5(1-2-8(13)14)9(12(15)16)7(11)4-6/h1-4H,(H,13,14)/b2-1+. The number of aliphatic carboxylic acids is 1. The Morgan fingerprint density at radius 2 is 2.06 bits per heavy atom. The van der Waals surface area contributed by atoms with Gasteiger partial charge in [0, 0.05) is 11.1 Å². The number of rotatable bonds is 3. The predicted octanol–water partition coefficient (Wildman–Crippen LogP) is 3.00. The number of hydrogen-bond acceptors (Lipinski definition) is 3. The average molecular weight is 262 g/mol. The molecule has 0 unspecified atom stereocenters. The maximum Gasteiger partial charge on any atom is 0.328 e. The first-order valence-corrected chi connectivity index (χ1v) is 4.72. The number of benzene rings is 1. The zero-order valence-electron chi connectivity index (χ0n) is 7.68. The van der Waals surface area contributed by atoms with Gasteiger partial charge in [-0.2, -0.15) is 0 Å². The van der Waals surface area contributed by atoms with E-state index in [0.29, 0.717) is 0 Å². The maximum atomic E-state index is 10.7. The van der Waals surface area contributed by atoms with Crippen molar-refractivity contribution < 1.29 is 14.8 Å². The summed E-state index contributed by atoms with van der Waals surface area (Å²) in [7, 11) is 0. The molecule has 0 radical (unpaired) electrons. The van der Waals surface area contributed by atoms with Crippen LogP contribution in [-0.2, 0) is 4.79 Å². The second-order valence-corrected chi connectivity index (χ2v) is 3.60.